The summed E-state index contributed by atoms with van der Waals surface area (Å²) in [4.78, 5) is 39.1. The number of rotatable bonds is 9. The van der Waals surface area contributed by atoms with Gasteiger partial charge >= 0.3 is 12.1 Å². The van der Waals surface area contributed by atoms with Crippen molar-refractivity contribution in [1.82, 2.24) is 15.5 Å². The zero-order valence-corrected chi connectivity index (χ0v) is 19.7. The Labute approximate surface area is 185 Å². The number of carbonyl (C=O) groups is 3. The summed E-state index contributed by atoms with van der Waals surface area (Å²) < 4.78 is 10.7. The van der Waals surface area contributed by atoms with Gasteiger partial charge in [0.15, 0.2) is 0 Å². The summed E-state index contributed by atoms with van der Waals surface area (Å²) in [6, 6.07) is -1.68. The summed E-state index contributed by atoms with van der Waals surface area (Å²) in [5, 5.41) is 14.7. The van der Waals surface area contributed by atoms with Crippen molar-refractivity contribution >= 4 is 18.0 Å². The van der Waals surface area contributed by atoms with E-state index in [0.717, 1.165) is 6.42 Å². The van der Waals surface area contributed by atoms with Crippen LogP contribution in [0.2, 0.25) is 0 Å². The monoisotopic (exact) mass is 441 g/mol. The van der Waals surface area contributed by atoms with Crippen molar-refractivity contribution in [2.75, 3.05) is 19.7 Å². The fourth-order valence-corrected chi connectivity index (χ4v) is 3.36. The van der Waals surface area contributed by atoms with Crippen LogP contribution in [0.25, 0.3) is 0 Å². The van der Waals surface area contributed by atoms with E-state index in [4.69, 9.17) is 9.47 Å². The Kier molecular flexibility index (Phi) is 9.96. The molecule has 1 rings (SSSR count). The minimum atomic E-state index is -1.14. The molecule has 0 aromatic carbocycles. The third-order valence-electron chi connectivity index (χ3n) is 4.58. The Bertz CT molecular complexity index is 638. The second-order valence-electron chi connectivity index (χ2n) is 9.73. The number of nitrogens with one attached hydrogen (secondary N) is 2. The Morgan fingerprint density at radius 1 is 1.16 bits per heavy atom. The molecule has 0 bridgehead atoms. The lowest BCUT2D eigenvalue weighted by Gasteiger charge is -2.33. The first-order valence-corrected chi connectivity index (χ1v) is 10.7. The van der Waals surface area contributed by atoms with Crippen LogP contribution in [0.1, 0.15) is 60.8 Å². The molecule has 178 valence electrons. The molecule has 1 aliphatic rings. The number of hydrogen-bond acceptors (Lipinski definition) is 7. The van der Waals surface area contributed by atoms with Crippen molar-refractivity contribution in [2.45, 2.75) is 90.1 Å². The molecule has 0 saturated carbocycles. The number of likely N-dealkylation sites (tertiary alicyclic amines) is 1. The van der Waals surface area contributed by atoms with Gasteiger partial charge < -0.3 is 25.2 Å². The van der Waals surface area contributed by atoms with E-state index < -0.39 is 35.9 Å². The van der Waals surface area contributed by atoms with Crippen LogP contribution < -0.4 is 10.6 Å². The largest absolute Gasteiger partial charge is 0.459 e. The Morgan fingerprint density at radius 3 is 2.29 bits per heavy atom. The first-order chi connectivity index (χ1) is 14.3. The van der Waals surface area contributed by atoms with Crippen LogP contribution >= 0.6 is 0 Å². The number of hydrogen-bond donors (Lipinski definition) is 3. The zero-order chi connectivity index (χ0) is 23.8. The van der Waals surface area contributed by atoms with E-state index in [1.54, 1.807) is 26.8 Å². The smallest absolute Gasteiger partial charge is 0.408 e. The number of carbonyl (C=O) groups excluding carboxylic acids is 3. The number of esters is 1. The van der Waals surface area contributed by atoms with Crippen LogP contribution in [-0.4, -0.2) is 77.0 Å². The lowest BCUT2D eigenvalue weighted by molar-refractivity contribution is -0.161. The van der Waals surface area contributed by atoms with Crippen molar-refractivity contribution in [3.63, 3.8) is 0 Å². The number of amides is 2. The highest BCUT2D eigenvalue weighted by Crippen LogP contribution is 2.24. The molecule has 1 saturated heterocycles. The molecule has 9 nitrogen and oxygen atoms in total. The van der Waals surface area contributed by atoms with Crippen molar-refractivity contribution < 1.29 is 29.0 Å². The summed E-state index contributed by atoms with van der Waals surface area (Å²) >= 11 is 0. The van der Waals surface area contributed by atoms with E-state index in [9.17, 15) is 19.5 Å². The first kappa shape index (κ1) is 26.9. The van der Waals surface area contributed by atoms with E-state index >= 15 is 0 Å². The Balaban J connectivity index is 2.74. The molecule has 0 unspecified atom stereocenters. The molecule has 0 spiro atoms. The molecule has 1 aliphatic heterocycles. The number of alkyl carbamates (subject to hydrolysis) is 1. The van der Waals surface area contributed by atoms with Crippen molar-refractivity contribution in [1.29, 1.82) is 0 Å². The third kappa shape index (κ3) is 9.69. The maximum atomic E-state index is 12.6. The summed E-state index contributed by atoms with van der Waals surface area (Å²) in [5.74, 6) is -0.805. The first-order valence-electron chi connectivity index (χ1n) is 10.7. The lowest BCUT2D eigenvalue weighted by Crippen LogP contribution is -2.54. The van der Waals surface area contributed by atoms with Gasteiger partial charge in [-0.2, -0.15) is 0 Å². The SMILES string of the molecule is C=CC[C@H](CNC(=O)[C@H](CO)NC(=O)OC(C)(C)C)N1CCC[C@H]1C(=O)OC(C)(C)C. The minimum Gasteiger partial charge on any atom is -0.459 e. The average Bonchev–Trinajstić information content (AvgIpc) is 3.09. The third-order valence-corrected chi connectivity index (χ3v) is 4.58. The van der Waals surface area contributed by atoms with Crippen LogP contribution in [-0.2, 0) is 19.1 Å². The normalized spacial score (nSPS) is 19.3. The molecule has 3 atom stereocenters. The molecule has 1 fully saturated rings. The second-order valence-corrected chi connectivity index (χ2v) is 9.73. The lowest BCUT2D eigenvalue weighted by atomic mass is 10.1. The molecule has 3 N–H and O–H groups in total. The molecule has 2 amide bonds. The van der Waals surface area contributed by atoms with Crippen molar-refractivity contribution in [2.24, 2.45) is 0 Å². The Morgan fingerprint density at radius 2 is 1.77 bits per heavy atom. The molecule has 0 aromatic rings. The fourth-order valence-electron chi connectivity index (χ4n) is 3.36. The van der Waals surface area contributed by atoms with Crippen molar-refractivity contribution in [3.05, 3.63) is 12.7 Å². The summed E-state index contributed by atoms with van der Waals surface area (Å²) in [6.07, 6.45) is 3.06. The van der Waals surface area contributed by atoms with Crippen molar-refractivity contribution in [3.8, 4) is 0 Å². The molecular weight excluding hydrogens is 402 g/mol. The number of aliphatic hydroxyl groups excluding tert-OH is 1. The van der Waals surface area contributed by atoms with Crippen LogP contribution in [0.4, 0.5) is 4.79 Å². The number of aliphatic hydroxyl groups is 1. The average molecular weight is 442 g/mol. The minimum absolute atomic E-state index is 0.165. The Hall–Kier alpha value is -2.13. The van der Waals surface area contributed by atoms with Gasteiger partial charge in [-0.3, -0.25) is 14.5 Å². The van der Waals surface area contributed by atoms with Gasteiger partial charge in [-0.15, -0.1) is 6.58 Å². The highest BCUT2D eigenvalue weighted by molar-refractivity contribution is 5.85. The van der Waals surface area contributed by atoms with Gasteiger partial charge in [-0.1, -0.05) is 6.08 Å². The molecule has 1 heterocycles. The zero-order valence-electron chi connectivity index (χ0n) is 19.7. The van der Waals surface area contributed by atoms with Gasteiger partial charge in [0.1, 0.15) is 23.3 Å². The summed E-state index contributed by atoms with van der Waals surface area (Å²) in [6.45, 7) is 14.8. The maximum Gasteiger partial charge on any atom is 0.408 e. The fraction of sp³-hybridized carbons (Fsp3) is 0.773. The number of nitrogens with zero attached hydrogens (tertiary/aromatic N) is 1. The second kappa shape index (κ2) is 11.5. The molecule has 0 aromatic heterocycles. The highest BCUT2D eigenvalue weighted by Gasteiger charge is 2.37. The molecular formula is C22H39N3O6. The maximum absolute atomic E-state index is 12.6. The van der Waals surface area contributed by atoms with Gasteiger partial charge in [0.05, 0.1) is 6.61 Å². The van der Waals surface area contributed by atoms with E-state index in [2.05, 4.69) is 17.2 Å². The number of ether oxygens (including phenoxy) is 2. The predicted octanol–water partition coefficient (Wildman–Crippen LogP) is 1.74. The standard InChI is InChI=1S/C22H39N3O6/c1-8-10-15(25-12-9-11-17(25)19(28)30-21(2,3)4)13-23-18(27)16(14-26)24-20(29)31-22(5,6)7/h8,15-17,26H,1,9-14H2,2-7H3,(H,23,27)(H,24,29)/t15-,16+,17+/m1/s1. The topological polar surface area (TPSA) is 117 Å². The van der Waals surface area contributed by atoms with E-state index in [1.807, 2.05) is 25.7 Å². The summed E-state index contributed by atoms with van der Waals surface area (Å²) in [5.41, 5.74) is -1.29. The van der Waals surface area contributed by atoms with E-state index in [-0.39, 0.29) is 24.6 Å². The van der Waals surface area contributed by atoms with Crippen LogP contribution in [0.5, 0.6) is 0 Å². The molecule has 0 radical (unpaired) electrons. The van der Waals surface area contributed by atoms with Gasteiger partial charge in [0, 0.05) is 12.6 Å². The van der Waals surface area contributed by atoms with Crippen LogP contribution in [0, 0.1) is 0 Å². The molecule has 9 heteroatoms. The van der Waals surface area contributed by atoms with Crippen LogP contribution in [0.15, 0.2) is 12.7 Å². The highest BCUT2D eigenvalue weighted by atomic mass is 16.6. The van der Waals surface area contributed by atoms with Crippen LogP contribution in [0.3, 0.4) is 0 Å². The van der Waals surface area contributed by atoms with Gasteiger partial charge in [-0.05, 0) is 67.3 Å². The summed E-state index contributed by atoms with van der Waals surface area (Å²) in [7, 11) is 0. The predicted molar refractivity (Wildman–Crippen MR) is 117 cm³/mol. The van der Waals surface area contributed by atoms with Gasteiger partial charge in [0.2, 0.25) is 5.91 Å². The van der Waals surface area contributed by atoms with Gasteiger partial charge in [-0.25, -0.2) is 4.79 Å². The van der Waals surface area contributed by atoms with E-state index in [0.29, 0.717) is 19.4 Å². The molecule has 0 aliphatic carbocycles. The molecule has 31 heavy (non-hydrogen) atoms. The quantitative estimate of drug-likeness (QED) is 0.368. The van der Waals surface area contributed by atoms with Gasteiger partial charge in [0.25, 0.3) is 0 Å². The van der Waals surface area contributed by atoms with E-state index in [1.165, 1.54) is 0 Å².